The molecule has 0 bridgehead atoms. The van der Waals surface area contributed by atoms with Crippen LogP contribution < -0.4 is 0 Å². The van der Waals surface area contributed by atoms with Gasteiger partial charge in [-0.2, -0.15) is 0 Å². The highest BCUT2D eigenvalue weighted by Gasteiger charge is 2.34. The molecule has 25 heavy (non-hydrogen) atoms. The predicted molar refractivity (Wildman–Crippen MR) is 91.3 cm³/mol. The van der Waals surface area contributed by atoms with Crippen LogP contribution in [0, 0.1) is 0 Å². The molecule has 0 spiro atoms. The summed E-state index contributed by atoms with van der Waals surface area (Å²) in [6.07, 6.45) is 3.95. The molecule has 3 rings (SSSR count). The maximum Gasteiger partial charge on any atom is 0.328 e. The molecule has 0 unspecified atom stereocenters. The van der Waals surface area contributed by atoms with Crippen molar-refractivity contribution < 1.29 is 14.3 Å². The van der Waals surface area contributed by atoms with Gasteiger partial charge in [0.05, 0.1) is 19.9 Å². The molecule has 1 fully saturated rings. The lowest BCUT2D eigenvalue weighted by Crippen LogP contribution is -2.48. The quantitative estimate of drug-likeness (QED) is 0.779. The Morgan fingerprint density at radius 1 is 1.36 bits per heavy atom. The van der Waals surface area contributed by atoms with E-state index in [0.29, 0.717) is 24.5 Å². The molecule has 1 amide bonds. The highest BCUT2D eigenvalue weighted by molar-refractivity contribution is 6.30. The molecule has 1 aliphatic rings. The smallest absolute Gasteiger partial charge is 0.328 e. The summed E-state index contributed by atoms with van der Waals surface area (Å²) >= 11 is 5.98. The van der Waals surface area contributed by atoms with E-state index in [9.17, 15) is 9.59 Å². The fourth-order valence-electron chi connectivity index (χ4n) is 3.00. The third-order valence-electron chi connectivity index (χ3n) is 4.23. The molecule has 0 aliphatic carbocycles. The lowest BCUT2D eigenvalue weighted by Gasteiger charge is -2.33. The van der Waals surface area contributed by atoms with Crippen LogP contribution in [0.2, 0.25) is 5.02 Å². The van der Waals surface area contributed by atoms with Crippen molar-refractivity contribution in [3.8, 4) is 0 Å². The predicted octanol–water partition coefficient (Wildman–Crippen LogP) is 2.15. The molecule has 0 saturated carbocycles. The zero-order valence-corrected chi connectivity index (χ0v) is 14.6. The first kappa shape index (κ1) is 17.4. The summed E-state index contributed by atoms with van der Waals surface area (Å²) in [7, 11) is 1.33. The average Bonchev–Trinajstić information content (AvgIpc) is 3.09. The summed E-state index contributed by atoms with van der Waals surface area (Å²) in [5.74, 6) is -0.688. The van der Waals surface area contributed by atoms with E-state index in [1.807, 2.05) is 18.2 Å². The van der Waals surface area contributed by atoms with Crippen LogP contribution >= 0.6 is 11.6 Å². The van der Waals surface area contributed by atoms with Gasteiger partial charge in [0.25, 0.3) is 5.91 Å². The maximum atomic E-state index is 12.7. The van der Waals surface area contributed by atoms with E-state index >= 15 is 0 Å². The van der Waals surface area contributed by atoms with Crippen molar-refractivity contribution >= 4 is 23.5 Å². The molecule has 1 aliphatic heterocycles. The van der Waals surface area contributed by atoms with Crippen molar-refractivity contribution in [2.75, 3.05) is 13.7 Å². The summed E-state index contributed by atoms with van der Waals surface area (Å²) in [6.45, 7) is 0.973. The molecule has 1 aromatic heterocycles. The van der Waals surface area contributed by atoms with E-state index in [2.05, 4.69) is 10.3 Å². The first-order valence-corrected chi connectivity index (χ1v) is 8.49. The molecule has 132 valence electrons. The number of hydrogen-bond donors (Lipinski definition) is 0. The minimum absolute atomic E-state index is 0.220. The first-order chi connectivity index (χ1) is 12.1. The molecular formula is C17H19ClN4O3. The number of carbonyl (C=O) groups is 2. The number of piperidine rings is 1. The van der Waals surface area contributed by atoms with Gasteiger partial charge in [0, 0.05) is 11.6 Å². The Hall–Kier alpha value is -2.41. The fraction of sp³-hybridized carbons (Fsp3) is 0.412. The summed E-state index contributed by atoms with van der Waals surface area (Å²) in [6, 6.07) is 6.86. The largest absolute Gasteiger partial charge is 0.467 e. The number of likely N-dealkylation sites (tertiary alicyclic amines) is 1. The number of benzene rings is 1. The van der Waals surface area contributed by atoms with Crippen LogP contribution in [0.3, 0.4) is 0 Å². The molecule has 8 heteroatoms. The number of rotatable bonds is 4. The number of carbonyl (C=O) groups excluding carboxylic acids is 2. The fourth-order valence-corrected chi connectivity index (χ4v) is 3.21. The molecular weight excluding hydrogens is 344 g/mol. The van der Waals surface area contributed by atoms with Crippen LogP contribution in [0.5, 0.6) is 0 Å². The summed E-state index contributed by atoms with van der Waals surface area (Å²) < 4.78 is 6.39. The molecule has 2 aromatic rings. The standard InChI is InChI=1S/C17H19ClN4O3/c1-25-17(24)15-7-2-3-8-22(15)16(23)14-11-21(20-19-14)10-12-5-4-6-13(18)9-12/h4-6,9,11,15H,2-3,7-8,10H2,1H3/t15-/m1/s1. The van der Waals surface area contributed by atoms with Gasteiger partial charge in [-0.3, -0.25) is 4.79 Å². The normalized spacial score (nSPS) is 17.4. The van der Waals surface area contributed by atoms with E-state index in [0.717, 1.165) is 18.4 Å². The number of esters is 1. The number of amides is 1. The van der Waals surface area contributed by atoms with Crippen LogP contribution in [-0.4, -0.2) is 51.5 Å². The van der Waals surface area contributed by atoms with Gasteiger partial charge in [0.15, 0.2) is 5.69 Å². The van der Waals surface area contributed by atoms with Crippen molar-refractivity contribution in [2.45, 2.75) is 31.8 Å². The second-order valence-corrected chi connectivity index (χ2v) is 6.40. The Morgan fingerprint density at radius 2 is 2.20 bits per heavy atom. The Morgan fingerprint density at radius 3 is 2.96 bits per heavy atom. The molecule has 0 radical (unpaired) electrons. The third kappa shape index (κ3) is 3.99. The van der Waals surface area contributed by atoms with Gasteiger partial charge in [-0.05, 0) is 37.0 Å². The zero-order chi connectivity index (χ0) is 17.8. The number of ether oxygens (including phenoxy) is 1. The molecule has 1 aromatic carbocycles. The Kier molecular flexibility index (Phi) is 5.33. The van der Waals surface area contributed by atoms with E-state index in [1.165, 1.54) is 12.0 Å². The molecule has 7 nitrogen and oxygen atoms in total. The van der Waals surface area contributed by atoms with E-state index in [4.69, 9.17) is 16.3 Å². The highest BCUT2D eigenvalue weighted by Crippen LogP contribution is 2.20. The van der Waals surface area contributed by atoms with Gasteiger partial charge in [0.1, 0.15) is 6.04 Å². The summed E-state index contributed by atoms with van der Waals surface area (Å²) in [4.78, 5) is 26.2. The second kappa shape index (κ2) is 7.65. The first-order valence-electron chi connectivity index (χ1n) is 8.12. The van der Waals surface area contributed by atoms with Crippen molar-refractivity contribution in [3.05, 3.63) is 46.7 Å². The van der Waals surface area contributed by atoms with Crippen molar-refractivity contribution in [1.82, 2.24) is 19.9 Å². The van der Waals surface area contributed by atoms with Crippen LogP contribution in [0.4, 0.5) is 0 Å². The third-order valence-corrected chi connectivity index (χ3v) is 4.46. The van der Waals surface area contributed by atoms with Gasteiger partial charge in [0.2, 0.25) is 0 Å². The number of halogens is 1. The van der Waals surface area contributed by atoms with Gasteiger partial charge >= 0.3 is 5.97 Å². The number of aromatic nitrogens is 3. The Labute approximate surface area is 150 Å². The monoisotopic (exact) mass is 362 g/mol. The summed E-state index contributed by atoms with van der Waals surface area (Å²) in [5, 5.41) is 8.61. The van der Waals surface area contributed by atoms with Crippen LogP contribution in [0.1, 0.15) is 35.3 Å². The minimum atomic E-state index is -0.552. The van der Waals surface area contributed by atoms with Crippen LogP contribution in [0.15, 0.2) is 30.5 Å². The topological polar surface area (TPSA) is 77.3 Å². The average molecular weight is 363 g/mol. The van der Waals surface area contributed by atoms with Crippen molar-refractivity contribution in [3.63, 3.8) is 0 Å². The van der Waals surface area contributed by atoms with Crippen LogP contribution in [0.25, 0.3) is 0 Å². The zero-order valence-electron chi connectivity index (χ0n) is 13.9. The van der Waals surface area contributed by atoms with Gasteiger partial charge in [-0.15, -0.1) is 5.10 Å². The molecule has 2 heterocycles. The minimum Gasteiger partial charge on any atom is -0.467 e. The Bertz CT molecular complexity index is 777. The number of hydrogen-bond acceptors (Lipinski definition) is 5. The Balaban J connectivity index is 1.74. The summed E-state index contributed by atoms with van der Waals surface area (Å²) in [5.41, 5.74) is 1.18. The number of nitrogens with zero attached hydrogens (tertiary/aromatic N) is 4. The van der Waals surface area contributed by atoms with Crippen molar-refractivity contribution in [2.24, 2.45) is 0 Å². The van der Waals surface area contributed by atoms with Crippen molar-refractivity contribution in [1.29, 1.82) is 0 Å². The van der Waals surface area contributed by atoms with Gasteiger partial charge in [-0.1, -0.05) is 28.9 Å². The van der Waals surface area contributed by atoms with Gasteiger partial charge in [-0.25, -0.2) is 9.48 Å². The van der Waals surface area contributed by atoms with E-state index < -0.39 is 6.04 Å². The SMILES string of the molecule is COC(=O)[C@H]1CCCCN1C(=O)c1cn(Cc2cccc(Cl)c2)nn1. The highest BCUT2D eigenvalue weighted by atomic mass is 35.5. The lowest BCUT2D eigenvalue weighted by molar-refractivity contribution is -0.147. The van der Waals surface area contributed by atoms with Gasteiger partial charge < -0.3 is 9.64 Å². The molecule has 1 atom stereocenters. The lowest BCUT2D eigenvalue weighted by atomic mass is 10.0. The molecule has 0 N–H and O–H groups in total. The second-order valence-electron chi connectivity index (χ2n) is 5.96. The van der Waals surface area contributed by atoms with E-state index in [-0.39, 0.29) is 17.6 Å². The maximum absolute atomic E-state index is 12.7. The molecule has 1 saturated heterocycles. The van der Waals surface area contributed by atoms with E-state index in [1.54, 1.807) is 16.9 Å². The van der Waals surface area contributed by atoms with Crippen LogP contribution in [-0.2, 0) is 16.1 Å². The number of methoxy groups -OCH3 is 1.